The Morgan fingerprint density at radius 1 is 1.29 bits per heavy atom. The van der Waals surface area contributed by atoms with Gasteiger partial charge in [0.05, 0.1) is 22.7 Å². The van der Waals surface area contributed by atoms with Crippen LogP contribution in [0.3, 0.4) is 0 Å². The van der Waals surface area contributed by atoms with Gasteiger partial charge in [0.2, 0.25) is 5.91 Å². The molecule has 0 aliphatic carbocycles. The van der Waals surface area contributed by atoms with E-state index in [4.69, 9.17) is 4.74 Å². The number of hydrogen-bond donors (Lipinski definition) is 1. The molecule has 0 heterocycles. The summed E-state index contributed by atoms with van der Waals surface area (Å²) in [5, 5.41) is 14.0. The third kappa shape index (κ3) is 6.19. The number of nitro benzene ring substituents is 1. The molecule has 2 aromatic rings. The van der Waals surface area contributed by atoms with E-state index in [0.717, 1.165) is 5.56 Å². The zero-order valence-corrected chi connectivity index (χ0v) is 16.0. The maximum Gasteiger partial charge on any atom is 0.283 e. The molecule has 2 aromatic carbocycles. The number of carbonyl (C=O) groups excluding carboxylic acids is 2. The van der Waals surface area contributed by atoms with Crippen molar-refractivity contribution in [2.45, 2.75) is 45.8 Å². The smallest absolute Gasteiger partial charge is 0.283 e. The van der Waals surface area contributed by atoms with E-state index in [1.54, 1.807) is 13.0 Å². The van der Waals surface area contributed by atoms with Crippen molar-refractivity contribution in [3.05, 3.63) is 69.3 Å². The van der Waals surface area contributed by atoms with Crippen LogP contribution >= 0.6 is 0 Å². The third-order valence-corrected chi connectivity index (χ3v) is 4.34. The van der Waals surface area contributed by atoms with Crippen LogP contribution in [-0.2, 0) is 11.3 Å². The summed E-state index contributed by atoms with van der Waals surface area (Å²) in [5.41, 5.74) is 1.33. The molecular formula is C21H24N2O5. The van der Waals surface area contributed by atoms with Gasteiger partial charge in [-0.3, -0.25) is 19.7 Å². The maximum atomic E-state index is 11.9. The SMILES string of the molecule is Cc1cc(OC(C)CCCC(=O)NCc2ccccc2)cc([N+](=O)[O-])c1C=O. The number of rotatable bonds is 10. The second kappa shape index (κ2) is 10.2. The Morgan fingerprint density at radius 3 is 2.64 bits per heavy atom. The van der Waals surface area contributed by atoms with Crippen LogP contribution in [0, 0.1) is 17.0 Å². The molecule has 7 nitrogen and oxygen atoms in total. The minimum atomic E-state index is -0.592. The number of aldehydes is 1. The Hall–Kier alpha value is -3.22. The second-order valence-corrected chi connectivity index (χ2v) is 6.63. The minimum absolute atomic E-state index is 0.0297. The largest absolute Gasteiger partial charge is 0.490 e. The predicted octanol–water partition coefficient (Wildman–Crippen LogP) is 3.97. The van der Waals surface area contributed by atoms with Crippen molar-refractivity contribution in [3.63, 3.8) is 0 Å². The highest BCUT2D eigenvalue weighted by molar-refractivity contribution is 5.84. The molecule has 0 aliphatic rings. The Bertz CT molecular complexity index is 836. The number of aryl methyl sites for hydroxylation is 1. The van der Waals surface area contributed by atoms with Crippen molar-refractivity contribution < 1.29 is 19.2 Å². The van der Waals surface area contributed by atoms with Gasteiger partial charge in [-0.2, -0.15) is 0 Å². The van der Waals surface area contributed by atoms with Crippen LogP contribution in [0.4, 0.5) is 5.69 Å². The Morgan fingerprint density at radius 2 is 2.00 bits per heavy atom. The van der Waals surface area contributed by atoms with E-state index in [-0.39, 0.29) is 23.3 Å². The molecule has 0 saturated carbocycles. The molecule has 0 fully saturated rings. The lowest BCUT2D eigenvalue weighted by Gasteiger charge is -2.15. The summed E-state index contributed by atoms with van der Waals surface area (Å²) in [5.74, 6) is 0.314. The van der Waals surface area contributed by atoms with Crippen LogP contribution in [-0.4, -0.2) is 23.2 Å². The molecule has 1 unspecified atom stereocenters. The van der Waals surface area contributed by atoms with Crippen molar-refractivity contribution >= 4 is 17.9 Å². The van der Waals surface area contributed by atoms with Crippen LogP contribution in [0.2, 0.25) is 0 Å². The fourth-order valence-corrected chi connectivity index (χ4v) is 2.85. The molecule has 0 radical (unpaired) electrons. The number of nitrogens with one attached hydrogen (secondary N) is 1. The lowest BCUT2D eigenvalue weighted by atomic mass is 10.1. The van der Waals surface area contributed by atoms with E-state index in [1.165, 1.54) is 6.07 Å². The number of ether oxygens (including phenoxy) is 1. The van der Waals surface area contributed by atoms with E-state index < -0.39 is 4.92 Å². The summed E-state index contributed by atoms with van der Waals surface area (Å²) in [7, 11) is 0. The number of nitrogens with zero attached hydrogens (tertiary/aromatic N) is 1. The molecule has 1 amide bonds. The van der Waals surface area contributed by atoms with Crippen LogP contribution in [0.15, 0.2) is 42.5 Å². The van der Waals surface area contributed by atoms with Crippen molar-refractivity contribution in [1.29, 1.82) is 0 Å². The summed E-state index contributed by atoms with van der Waals surface area (Å²) in [4.78, 5) is 33.5. The van der Waals surface area contributed by atoms with E-state index in [9.17, 15) is 19.7 Å². The molecule has 0 spiro atoms. The molecule has 0 aromatic heterocycles. The Labute approximate surface area is 163 Å². The standard InChI is InChI=1S/C21H24N2O5/c1-15-11-18(12-20(23(26)27)19(15)14-24)28-16(2)7-6-10-21(25)22-13-17-8-4-3-5-9-17/h3-5,8-9,11-12,14,16H,6-7,10,13H2,1-2H3,(H,22,25). The summed E-state index contributed by atoms with van der Waals surface area (Å²) >= 11 is 0. The number of benzene rings is 2. The number of carbonyl (C=O) groups is 2. The van der Waals surface area contributed by atoms with Crippen molar-refractivity contribution in [1.82, 2.24) is 5.32 Å². The first-order valence-electron chi connectivity index (χ1n) is 9.12. The van der Waals surface area contributed by atoms with Crippen LogP contribution in [0.1, 0.15) is 47.7 Å². The van der Waals surface area contributed by atoms with Crippen LogP contribution < -0.4 is 10.1 Å². The van der Waals surface area contributed by atoms with E-state index in [1.807, 2.05) is 37.3 Å². The zero-order valence-electron chi connectivity index (χ0n) is 16.0. The van der Waals surface area contributed by atoms with Gasteiger partial charge in [0.1, 0.15) is 5.75 Å². The van der Waals surface area contributed by atoms with Crippen molar-refractivity contribution in [2.24, 2.45) is 0 Å². The fraction of sp³-hybridized carbons (Fsp3) is 0.333. The second-order valence-electron chi connectivity index (χ2n) is 6.63. The molecule has 0 saturated heterocycles. The van der Waals surface area contributed by atoms with E-state index in [2.05, 4.69) is 5.32 Å². The van der Waals surface area contributed by atoms with Gasteiger partial charge in [-0.1, -0.05) is 30.3 Å². The Balaban J connectivity index is 1.80. The molecular weight excluding hydrogens is 360 g/mol. The average Bonchev–Trinajstić information content (AvgIpc) is 2.66. The topological polar surface area (TPSA) is 98.5 Å². The summed E-state index contributed by atoms with van der Waals surface area (Å²) in [6.07, 6.45) is 1.90. The number of amides is 1. The van der Waals surface area contributed by atoms with Gasteiger partial charge in [0.25, 0.3) is 5.69 Å². The fourth-order valence-electron chi connectivity index (χ4n) is 2.85. The quantitative estimate of drug-likeness (QED) is 0.380. The van der Waals surface area contributed by atoms with Gasteiger partial charge < -0.3 is 10.1 Å². The molecule has 148 valence electrons. The zero-order chi connectivity index (χ0) is 20.5. The van der Waals surface area contributed by atoms with Gasteiger partial charge in [0.15, 0.2) is 6.29 Å². The van der Waals surface area contributed by atoms with Crippen molar-refractivity contribution in [3.8, 4) is 5.75 Å². The molecule has 2 rings (SSSR count). The first-order chi connectivity index (χ1) is 13.4. The molecule has 28 heavy (non-hydrogen) atoms. The molecule has 0 bridgehead atoms. The molecule has 7 heteroatoms. The highest BCUT2D eigenvalue weighted by Gasteiger charge is 2.19. The number of hydrogen-bond acceptors (Lipinski definition) is 5. The van der Waals surface area contributed by atoms with E-state index >= 15 is 0 Å². The first-order valence-corrected chi connectivity index (χ1v) is 9.12. The molecule has 0 aliphatic heterocycles. The van der Waals surface area contributed by atoms with E-state index in [0.29, 0.717) is 43.4 Å². The molecule has 1 N–H and O–H groups in total. The monoisotopic (exact) mass is 384 g/mol. The van der Waals surface area contributed by atoms with Gasteiger partial charge in [-0.15, -0.1) is 0 Å². The number of nitro groups is 1. The average molecular weight is 384 g/mol. The highest BCUT2D eigenvalue weighted by atomic mass is 16.6. The van der Waals surface area contributed by atoms with Crippen molar-refractivity contribution in [2.75, 3.05) is 0 Å². The van der Waals surface area contributed by atoms with Gasteiger partial charge in [-0.05, 0) is 43.9 Å². The summed E-state index contributed by atoms with van der Waals surface area (Å²) < 4.78 is 5.74. The van der Waals surface area contributed by atoms with Gasteiger partial charge in [0, 0.05) is 13.0 Å². The minimum Gasteiger partial charge on any atom is -0.490 e. The highest BCUT2D eigenvalue weighted by Crippen LogP contribution is 2.28. The van der Waals surface area contributed by atoms with Crippen LogP contribution in [0.25, 0.3) is 0 Å². The summed E-state index contributed by atoms with van der Waals surface area (Å²) in [6.45, 7) is 3.97. The maximum absolute atomic E-state index is 11.9. The van der Waals surface area contributed by atoms with Crippen LogP contribution in [0.5, 0.6) is 5.75 Å². The van der Waals surface area contributed by atoms with Gasteiger partial charge in [-0.25, -0.2) is 0 Å². The predicted molar refractivity (Wildman–Crippen MR) is 105 cm³/mol. The molecule has 1 atom stereocenters. The third-order valence-electron chi connectivity index (χ3n) is 4.34. The normalized spacial score (nSPS) is 11.5. The summed E-state index contributed by atoms with van der Waals surface area (Å²) in [6, 6.07) is 12.6. The first kappa shape index (κ1) is 21.1. The lowest BCUT2D eigenvalue weighted by molar-refractivity contribution is -0.385. The lowest BCUT2D eigenvalue weighted by Crippen LogP contribution is -2.23. The van der Waals surface area contributed by atoms with Gasteiger partial charge >= 0.3 is 0 Å². The Kier molecular flexibility index (Phi) is 7.68.